The monoisotopic (exact) mass is 394 g/mol. The Morgan fingerprint density at radius 3 is 2.10 bits per heavy atom. The summed E-state index contributed by atoms with van der Waals surface area (Å²) in [6, 6.07) is 15.7. The molecule has 29 heavy (non-hydrogen) atoms. The van der Waals surface area contributed by atoms with Crippen molar-refractivity contribution in [2.75, 3.05) is 6.54 Å². The summed E-state index contributed by atoms with van der Waals surface area (Å²) in [6.07, 6.45) is 1.01. The first-order valence-corrected chi connectivity index (χ1v) is 10.3. The van der Waals surface area contributed by atoms with Crippen molar-refractivity contribution in [3.8, 4) is 0 Å². The van der Waals surface area contributed by atoms with Gasteiger partial charge in [-0.25, -0.2) is 0 Å². The number of nitrogens with one attached hydrogen (secondary N) is 1. The predicted molar refractivity (Wildman–Crippen MR) is 119 cm³/mol. The number of aryl methyl sites for hydroxylation is 2. The van der Waals surface area contributed by atoms with Crippen LogP contribution < -0.4 is 5.32 Å². The summed E-state index contributed by atoms with van der Waals surface area (Å²) in [5.41, 5.74) is 4.08. The SMILES string of the molecule is Cc1cc(C)cc(CC(=O)N(CCc2ccccc2)C(C)C(=O)NC(C)(C)C)c1. The third-order valence-electron chi connectivity index (χ3n) is 4.79. The van der Waals surface area contributed by atoms with E-state index < -0.39 is 6.04 Å². The van der Waals surface area contributed by atoms with Gasteiger partial charge in [0.2, 0.25) is 11.8 Å². The van der Waals surface area contributed by atoms with E-state index in [4.69, 9.17) is 0 Å². The maximum atomic E-state index is 13.2. The minimum atomic E-state index is -0.531. The fourth-order valence-corrected chi connectivity index (χ4v) is 3.49. The van der Waals surface area contributed by atoms with Gasteiger partial charge in [0.05, 0.1) is 6.42 Å². The topological polar surface area (TPSA) is 49.4 Å². The summed E-state index contributed by atoms with van der Waals surface area (Å²) >= 11 is 0. The molecule has 2 aromatic carbocycles. The van der Waals surface area contributed by atoms with Crippen molar-refractivity contribution in [1.82, 2.24) is 10.2 Å². The Labute approximate surface area is 175 Å². The van der Waals surface area contributed by atoms with Crippen LogP contribution in [0.1, 0.15) is 49.9 Å². The highest BCUT2D eigenvalue weighted by molar-refractivity contribution is 5.88. The van der Waals surface area contributed by atoms with Crippen molar-refractivity contribution >= 4 is 11.8 Å². The van der Waals surface area contributed by atoms with Gasteiger partial charge in [-0.05, 0) is 59.1 Å². The van der Waals surface area contributed by atoms with Crippen molar-refractivity contribution in [2.24, 2.45) is 0 Å². The number of rotatable bonds is 7. The number of benzene rings is 2. The molecule has 0 spiro atoms. The first-order valence-electron chi connectivity index (χ1n) is 10.3. The summed E-state index contributed by atoms with van der Waals surface area (Å²) in [5, 5.41) is 3.00. The average Bonchev–Trinajstić information content (AvgIpc) is 2.60. The van der Waals surface area contributed by atoms with Crippen molar-refractivity contribution in [3.63, 3.8) is 0 Å². The van der Waals surface area contributed by atoms with E-state index in [0.29, 0.717) is 19.4 Å². The molecule has 2 rings (SSSR count). The predicted octanol–water partition coefficient (Wildman–Crippen LogP) is 4.22. The summed E-state index contributed by atoms with van der Waals surface area (Å²) in [5.74, 6) is -0.151. The van der Waals surface area contributed by atoms with Crippen LogP contribution in [0.4, 0.5) is 0 Å². The smallest absolute Gasteiger partial charge is 0.242 e. The zero-order valence-corrected chi connectivity index (χ0v) is 18.6. The van der Waals surface area contributed by atoms with Gasteiger partial charge in [0, 0.05) is 12.1 Å². The molecular weight excluding hydrogens is 360 g/mol. The Hall–Kier alpha value is -2.62. The van der Waals surface area contributed by atoms with Crippen molar-refractivity contribution < 1.29 is 9.59 Å². The minimum absolute atomic E-state index is 0.0255. The van der Waals surface area contributed by atoms with E-state index in [2.05, 4.69) is 11.4 Å². The Balaban J connectivity index is 2.19. The van der Waals surface area contributed by atoms with Crippen LogP contribution in [0.25, 0.3) is 0 Å². The van der Waals surface area contributed by atoms with Gasteiger partial charge in [-0.1, -0.05) is 59.7 Å². The fourth-order valence-electron chi connectivity index (χ4n) is 3.49. The summed E-state index contributed by atoms with van der Waals surface area (Å²) < 4.78 is 0. The minimum Gasteiger partial charge on any atom is -0.350 e. The highest BCUT2D eigenvalue weighted by Gasteiger charge is 2.28. The number of hydrogen-bond donors (Lipinski definition) is 1. The molecule has 4 heteroatoms. The summed E-state index contributed by atoms with van der Waals surface area (Å²) in [4.78, 5) is 27.7. The van der Waals surface area contributed by atoms with Crippen LogP contribution in [0.2, 0.25) is 0 Å². The Morgan fingerprint density at radius 1 is 0.966 bits per heavy atom. The van der Waals surface area contributed by atoms with Crippen LogP contribution in [0.15, 0.2) is 48.5 Å². The molecule has 0 radical (unpaired) electrons. The molecule has 0 bridgehead atoms. The lowest BCUT2D eigenvalue weighted by molar-refractivity contribution is -0.140. The molecule has 156 valence electrons. The third kappa shape index (κ3) is 7.37. The van der Waals surface area contributed by atoms with E-state index in [1.807, 2.05) is 84.0 Å². The normalized spacial score (nSPS) is 12.3. The Bertz CT molecular complexity index is 817. The molecule has 1 unspecified atom stereocenters. The highest BCUT2D eigenvalue weighted by Crippen LogP contribution is 2.14. The van der Waals surface area contributed by atoms with Crippen LogP contribution in [0, 0.1) is 13.8 Å². The van der Waals surface area contributed by atoms with Crippen molar-refractivity contribution in [3.05, 3.63) is 70.8 Å². The van der Waals surface area contributed by atoms with Crippen LogP contribution in [-0.2, 0) is 22.4 Å². The molecule has 1 atom stereocenters. The second-order valence-electron chi connectivity index (χ2n) is 8.91. The van der Waals surface area contributed by atoms with E-state index >= 15 is 0 Å². The number of nitrogens with zero attached hydrogens (tertiary/aromatic N) is 1. The average molecular weight is 395 g/mol. The van der Waals surface area contributed by atoms with E-state index in [0.717, 1.165) is 22.3 Å². The molecule has 4 nitrogen and oxygen atoms in total. The van der Waals surface area contributed by atoms with Gasteiger partial charge in [0.15, 0.2) is 0 Å². The van der Waals surface area contributed by atoms with Crippen LogP contribution in [-0.4, -0.2) is 34.8 Å². The lowest BCUT2D eigenvalue weighted by atomic mass is 10.0. The van der Waals surface area contributed by atoms with Crippen LogP contribution >= 0.6 is 0 Å². The van der Waals surface area contributed by atoms with Gasteiger partial charge in [-0.15, -0.1) is 0 Å². The summed E-state index contributed by atoms with van der Waals surface area (Å²) in [6.45, 7) is 12.2. The molecule has 2 aromatic rings. The highest BCUT2D eigenvalue weighted by atomic mass is 16.2. The summed E-state index contributed by atoms with van der Waals surface area (Å²) in [7, 11) is 0. The maximum absolute atomic E-state index is 13.2. The Kier molecular flexibility index (Phi) is 7.60. The van der Waals surface area contributed by atoms with Gasteiger partial charge in [0.1, 0.15) is 6.04 Å². The second-order valence-corrected chi connectivity index (χ2v) is 8.91. The third-order valence-corrected chi connectivity index (χ3v) is 4.79. The zero-order chi connectivity index (χ0) is 21.6. The molecule has 0 aliphatic carbocycles. The van der Waals surface area contributed by atoms with Crippen LogP contribution in [0.5, 0.6) is 0 Å². The zero-order valence-electron chi connectivity index (χ0n) is 18.6. The van der Waals surface area contributed by atoms with Gasteiger partial charge in [0.25, 0.3) is 0 Å². The standard InChI is InChI=1S/C25H34N2O2/c1-18-14-19(2)16-22(15-18)17-23(28)27(13-12-21-10-8-7-9-11-21)20(3)24(29)26-25(4,5)6/h7-11,14-16,20H,12-13,17H2,1-6H3,(H,26,29). The number of amides is 2. The maximum Gasteiger partial charge on any atom is 0.242 e. The molecule has 1 N–H and O–H groups in total. The van der Waals surface area contributed by atoms with E-state index in [-0.39, 0.29) is 17.4 Å². The van der Waals surface area contributed by atoms with Crippen molar-refractivity contribution in [1.29, 1.82) is 0 Å². The number of carbonyl (C=O) groups is 2. The molecule has 0 fully saturated rings. The van der Waals surface area contributed by atoms with Gasteiger partial charge in [-0.2, -0.15) is 0 Å². The van der Waals surface area contributed by atoms with Gasteiger partial charge in [-0.3, -0.25) is 9.59 Å². The molecule has 0 saturated carbocycles. The van der Waals surface area contributed by atoms with Gasteiger partial charge >= 0.3 is 0 Å². The molecule has 0 aliphatic heterocycles. The first-order chi connectivity index (χ1) is 13.5. The molecule has 2 amide bonds. The molecular formula is C25H34N2O2. The van der Waals surface area contributed by atoms with Crippen molar-refractivity contribution in [2.45, 2.75) is 66.0 Å². The lowest BCUT2D eigenvalue weighted by Gasteiger charge is -2.31. The first kappa shape index (κ1) is 22.7. The molecule has 0 aromatic heterocycles. The van der Waals surface area contributed by atoms with E-state index in [9.17, 15) is 9.59 Å². The van der Waals surface area contributed by atoms with Crippen LogP contribution in [0.3, 0.4) is 0 Å². The molecule has 0 aliphatic rings. The lowest BCUT2D eigenvalue weighted by Crippen LogP contribution is -2.53. The van der Waals surface area contributed by atoms with E-state index in [1.165, 1.54) is 0 Å². The second kappa shape index (κ2) is 9.73. The Morgan fingerprint density at radius 2 is 1.55 bits per heavy atom. The number of hydrogen-bond acceptors (Lipinski definition) is 2. The fraction of sp³-hybridized carbons (Fsp3) is 0.440. The largest absolute Gasteiger partial charge is 0.350 e. The molecule has 0 heterocycles. The quantitative estimate of drug-likeness (QED) is 0.764. The number of carbonyl (C=O) groups excluding carboxylic acids is 2. The van der Waals surface area contributed by atoms with E-state index in [1.54, 1.807) is 4.90 Å². The van der Waals surface area contributed by atoms with Gasteiger partial charge < -0.3 is 10.2 Å². The molecule has 0 saturated heterocycles.